The molecule has 0 aromatic heterocycles. The number of Topliss-reactive ketones (excluding diaryl/α,β-unsaturated/α-hetero) is 1. The van der Waals surface area contributed by atoms with E-state index < -0.39 is 36.1 Å². The van der Waals surface area contributed by atoms with E-state index >= 15 is 0 Å². The summed E-state index contributed by atoms with van der Waals surface area (Å²) in [6.07, 6.45) is -0.445. The molecule has 0 saturated carbocycles. The zero-order chi connectivity index (χ0) is 31.8. The maximum atomic E-state index is 12.8. The number of hydrogen-bond acceptors (Lipinski definition) is 10. The zero-order valence-electron chi connectivity index (χ0n) is 25.7. The highest BCUT2D eigenvalue weighted by Crippen LogP contribution is 2.42. The number of carbonyl (C=O) groups excluding carboxylic acids is 2. The number of benzene rings is 3. The number of carbonyl (C=O) groups is 2. The van der Waals surface area contributed by atoms with Crippen molar-refractivity contribution in [1.82, 2.24) is 4.90 Å². The summed E-state index contributed by atoms with van der Waals surface area (Å²) < 4.78 is 35.5. The van der Waals surface area contributed by atoms with Crippen LogP contribution in [0.25, 0.3) is 0 Å². The molecule has 238 valence electrons. The first kappa shape index (κ1) is 32.2. The molecule has 1 unspecified atom stereocenters. The second-order valence-corrected chi connectivity index (χ2v) is 10.9. The van der Waals surface area contributed by atoms with Crippen LogP contribution in [0.3, 0.4) is 0 Å². The van der Waals surface area contributed by atoms with E-state index in [1.165, 1.54) is 6.92 Å². The number of rotatable bonds is 13. The van der Waals surface area contributed by atoms with Gasteiger partial charge in [-0.05, 0) is 54.0 Å². The SMILES string of the molecule is COc1ccc(C(OC[C@H]2O[C@@H](N3C=CCOC3)[C@@H](O)C2OC(=O)CCC(C)=O)(c2ccccc2)c2ccc(OC)cc2)cc1. The summed E-state index contributed by atoms with van der Waals surface area (Å²) in [5.74, 6) is 0.647. The van der Waals surface area contributed by atoms with Gasteiger partial charge in [-0.1, -0.05) is 54.6 Å². The largest absolute Gasteiger partial charge is 0.497 e. The molecule has 10 nitrogen and oxygen atoms in total. The Kier molecular flexibility index (Phi) is 10.5. The predicted octanol–water partition coefficient (Wildman–Crippen LogP) is 4.18. The lowest BCUT2D eigenvalue weighted by Gasteiger charge is -2.37. The molecule has 1 saturated heterocycles. The molecule has 2 heterocycles. The lowest BCUT2D eigenvalue weighted by atomic mass is 9.80. The third-order valence-corrected chi connectivity index (χ3v) is 7.97. The smallest absolute Gasteiger partial charge is 0.306 e. The topological polar surface area (TPSA) is 113 Å². The van der Waals surface area contributed by atoms with Crippen molar-refractivity contribution >= 4 is 11.8 Å². The second kappa shape index (κ2) is 14.7. The third-order valence-electron chi connectivity index (χ3n) is 7.97. The second-order valence-electron chi connectivity index (χ2n) is 10.9. The molecule has 1 N–H and O–H groups in total. The fraction of sp³-hybridized carbons (Fsp3) is 0.371. The van der Waals surface area contributed by atoms with Crippen LogP contribution in [0.2, 0.25) is 0 Å². The zero-order valence-corrected chi connectivity index (χ0v) is 25.7. The molecule has 0 amide bonds. The van der Waals surface area contributed by atoms with Crippen LogP contribution < -0.4 is 9.47 Å². The first-order valence-corrected chi connectivity index (χ1v) is 14.9. The molecule has 0 radical (unpaired) electrons. The van der Waals surface area contributed by atoms with Gasteiger partial charge in [-0.2, -0.15) is 0 Å². The highest BCUT2D eigenvalue weighted by atomic mass is 16.6. The van der Waals surface area contributed by atoms with Crippen molar-refractivity contribution in [2.24, 2.45) is 0 Å². The maximum absolute atomic E-state index is 12.8. The van der Waals surface area contributed by atoms with Crippen LogP contribution in [-0.4, -0.2) is 80.5 Å². The molecule has 4 atom stereocenters. The Labute approximate surface area is 263 Å². The average Bonchev–Trinajstić information content (AvgIpc) is 3.39. The normalized spacial score (nSPS) is 21.4. The van der Waals surface area contributed by atoms with Gasteiger partial charge in [0.1, 0.15) is 41.8 Å². The third kappa shape index (κ3) is 7.20. The Morgan fingerprint density at radius 1 is 0.889 bits per heavy atom. The van der Waals surface area contributed by atoms with E-state index in [2.05, 4.69) is 0 Å². The molecule has 2 aliphatic rings. The highest BCUT2D eigenvalue weighted by Gasteiger charge is 2.50. The molecule has 3 aromatic carbocycles. The monoisotopic (exact) mass is 617 g/mol. The number of aliphatic hydroxyl groups is 1. The maximum Gasteiger partial charge on any atom is 0.306 e. The number of ether oxygens (including phenoxy) is 6. The molecule has 0 aliphatic carbocycles. The number of aliphatic hydroxyl groups excluding tert-OH is 1. The minimum absolute atomic E-state index is 0.0435. The Hall–Kier alpha value is -4.22. The number of ketones is 1. The average molecular weight is 618 g/mol. The van der Waals surface area contributed by atoms with E-state index in [1.54, 1.807) is 25.3 Å². The summed E-state index contributed by atoms with van der Waals surface area (Å²) in [6, 6.07) is 25.0. The number of methoxy groups -OCH3 is 2. The molecule has 2 aliphatic heterocycles. The van der Waals surface area contributed by atoms with Crippen LogP contribution in [0.1, 0.15) is 36.5 Å². The molecule has 3 aromatic rings. The molecule has 45 heavy (non-hydrogen) atoms. The van der Waals surface area contributed by atoms with Gasteiger partial charge in [0.15, 0.2) is 12.3 Å². The summed E-state index contributed by atoms with van der Waals surface area (Å²) in [7, 11) is 3.22. The lowest BCUT2D eigenvalue weighted by Crippen LogP contribution is -2.45. The summed E-state index contributed by atoms with van der Waals surface area (Å²) in [5.41, 5.74) is 1.33. The number of nitrogens with zero attached hydrogens (tertiary/aromatic N) is 1. The van der Waals surface area contributed by atoms with Gasteiger partial charge in [-0.15, -0.1) is 0 Å². The summed E-state index contributed by atoms with van der Waals surface area (Å²) in [5, 5.41) is 11.4. The molecule has 10 heteroatoms. The minimum Gasteiger partial charge on any atom is -0.497 e. The van der Waals surface area contributed by atoms with Crippen molar-refractivity contribution < 1.29 is 43.1 Å². The summed E-state index contributed by atoms with van der Waals surface area (Å²) in [4.78, 5) is 26.0. The van der Waals surface area contributed by atoms with E-state index in [0.717, 1.165) is 16.7 Å². The van der Waals surface area contributed by atoms with E-state index in [4.69, 9.17) is 28.4 Å². The molecule has 1 fully saturated rings. The minimum atomic E-state index is -1.21. The van der Waals surface area contributed by atoms with E-state index in [9.17, 15) is 14.7 Å². The van der Waals surface area contributed by atoms with Crippen molar-refractivity contribution in [3.05, 3.63) is 108 Å². The fourth-order valence-electron chi connectivity index (χ4n) is 5.65. The molecular weight excluding hydrogens is 578 g/mol. The van der Waals surface area contributed by atoms with Crippen molar-refractivity contribution in [2.45, 2.75) is 49.9 Å². The quantitative estimate of drug-likeness (QED) is 0.221. The van der Waals surface area contributed by atoms with Gasteiger partial charge in [0.05, 0.1) is 33.9 Å². The Morgan fingerprint density at radius 2 is 1.49 bits per heavy atom. The van der Waals surface area contributed by atoms with Gasteiger partial charge < -0.3 is 43.2 Å². The summed E-state index contributed by atoms with van der Waals surface area (Å²) >= 11 is 0. The standard InChI is InChI=1S/C35H39NO9/c1-24(37)10-19-31(38)45-33-30(44-34(32(33)39)36-20-7-21-42-23-36)22-43-35(25-8-5-4-6-9-25,26-11-15-28(40-2)16-12-26)27-13-17-29(41-3)18-14-27/h4-9,11-18,20,30,32-34,39H,10,19,21-23H2,1-3H3/t30-,32+,33?,34-/m1/s1. The first-order chi connectivity index (χ1) is 21.8. The van der Waals surface area contributed by atoms with Gasteiger partial charge in [-0.25, -0.2) is 0 Å². The highest BCUT2D eigenvalue weighted by molar-refractivity contribution is 5.81. The Bertz CT molecular complexity index is 1390. The number of hydrogen-bond donors (Lipinski definition) is 1. The van der Waals surface area contributed by atoms with Gasteiger partial charge in [0, 0.05) is 12.6 Å². The van der Waals surface area contributed by atoms with Crippen LogP contribution in [0, 0.1) is 0 Å². The van der Waals surface area contributed by atoms with Gasteiger partial charge >= 0.3 is 5.97 Å². The predicted molar refractivity (Wildman–Crippen MR) is 165 cm³/mol. The molecular formula is C35H39NO9. The van der Waals surface area contributed by atoms with Crippen LogP contribution in [0.5, 0.6) is 11.5 Å². The van der Waals surface area contributed by atoms with Crippen molar-refractivity contribution in [3.63, 3.8) is 0 Å². The molecule has 0 spiro atoms. The van der Waals surface area contributed by atoms with Crippen LogP contribution in [0.15, 0.2) is 91.1 Å². The van der Waals surface area contributed by atoms with E-state index in [-0.39, 0.29) is 32.0 Å². The number of esters is 1. The molecule has 0 bridgehead atoms. The van der Waals surface area contributed by atoms with Gasteiger partial charge in [-0.3, -0.25) is 4.79 Å². The lowest BCUT2D eigenvalue weighted by molar-refractivity contribution is -0.159. The van der Waals surface area contributed by atoms with Gasteiger partial charge in [0.25, 0.3) is 0 Å². The fourth-order valence-corrected chi connectivity index (χ4v) is 5.65. The van der Waals surface area contributed by atoms with Crippen LogP contribution >= 0.6 is 0 Å². The van der Waals surface area contributed by atoms with Crippen molar-refractivity contribution in [3.8, 4) is 11.5 Å². The summed E-state index contributed by atoms with van der Waals surface area (Å²) in [6.45, 7) is 1.99. The van der Waals surface area contributed by atoms with E-state index in [0.29, 0.717) is 18.1 Å². The Balaban J connectivity index is 1.54. The Morgan fingerprint density at radius 3 is 2.02 bits per heavy atom. The first-order valence-electron chi connectivity index (χ1n) is 14.9. The van der Waals surface area contributed by atoms with E-state index in [1.807, 2.05) is 84.9 Å². The molecule has 5 rings (SSSR count). The van der Waals surface area contributed by atoms with Crippen molar-refractivity contribution in [1.29, 1.82) is 0 Å². The van der Waals surface area contributed by atoms with Crippen LogP contribution in [0.4, 0.5) is 0 Å². The van der Waals surface area contributed by atoms with Crippen LogP contribution in [-0.2, 0) is 34.1 Å². The van der Waals surface area contributed by atoms with Gasteiger partial charge in [0.2, 0.25) is 0 Å². The van der Waals surface area contributed by atoms with Crippen molar-refractivity contribution in [2.75, 3.05) is 34.2 Å².